The van der Waals surface area contributed by atoms with E-state index in [1.54, 1.807) is 18.3 Å². The molecule has 0 saturated heterocycles. The van der Waals surface area contributed by atoms with Gasteiger partial charge in [0.15, 0.2) is 0 Å². The molecule has 17 heavy (non-hydrogen) atoms. The average Bonchev–Trinajstić information content (AvgIpc) is 2.76. The molecule has 2 N–H and O–H groups in total. The lowest BCUT2D eigenvalue weighted by molar-refractivity contribution is 0.575. The first-order chi connectivity index (χ1) is 7.64. The molecule has 4 nitrogen and oxygen atoms in total. The van der Waals surface area contributed by atoms with Gasteiger partial charge in [-0.15, -0.1) is 23.7 Å². The third kappa shape index (κ3) is 7.72. The molecule has 0 aliphatic carbocycles. The van der Waals surface area contributed by atoms with Crippen molar-refractivity contribution >= 4 is 33.8 Å². The van der Waals surface area contributed by atoms with Crippen LogP contribution in [-0.4, -0.2) is 27.3 Å². The van der Waals surface area contributed by atoms with Crippen molar-refractivity contribution in [1.82, 2.24) is 10.0 Å². The van der Waals surface area contributed by atoms with E-state index in [1.165, 1.54) is 4.88 Å². The Labute approximate surface area is 113 Å². The molecular formula is C10H19ClN2O2S2. The number of thiophene rings is 1. The normalized spacial score (nSPS) is 11.1. The highest BCUT2D eigenvalue weighted by Gasteiger charge is 2.03. The standard InChI is InChI=1S/C10H18N2O2S2.ClH/c1-2-16(13,14)12-7-4-6-11-9-10-5-3-8-15-10;/h3,5,8,11-12H,2,4,6-7,9H2,1H3;1H. The first kappa shape index (κ1) is 16.9. The molecule has 0 saturated carbocycles. The van der Waals surface area contributed by atoms with E-state index in [0.717, 1.165) is 19.5 Å². The summed E-state index contributed by atoms with van der Waals surface area (Å²) in [5.74, 6) is 0.148. The van der Waals surface area contributed by atoms with E-state index in [4.69, 9.17) is 0 Å². The molecule has 1 heterocycles. The van der Waals surface area contributed by atoms with Gasteiger partial charge in [-0.05, 0) is 31.3 Å². The first-order valence-corrected chi connectivity index (χ1v) is 7.87. The van der Waals surface area contributed by atoms with Crippen molar-refractivity contribution in [3.63, 3.8) is 0 Å². The minimum absolute atomic E-state index is 0. The molecule has 0 unspecified atom stereocenters. The molecule has 100 valence electrons. The van der Waals surface area contributed by atoms with Crippen LogP contribution in [0.1, 0.15) is 18.2 Å². The number of halogens is 1. The van der Waals surface area contributed by atoms with Crippen LogP contribution in [0.15, 0.2) is 17.5 Å². The minimum Gasteiger partial charge on any atom is -0.312 e. The maximum absolute atomic E-state index is 11.1. The summed E-state index contributed by atoms with van der Waals surface area (Å²) in [4.78, 5) is 1.30. The largest absolute Gasteiger partial charge is 0.312 e. The van der Waals surface area contributed by atoms with Crippen LogP contribution in [0.4, 0.5) is 0 Å². The van der Waals surface area contributed by atoms with E-state index in [2.05, 4.69) is 16.1 Å². The number of hydrogen-bond donors (Lipinski definition) is 2. The Bertz CT molecular complexity index is 379. The molecule has 0 spiro atoms. The van der Waals surface area contributed by atoms with Crippen LogP contribution in [0.25, 0.3) is 0 Å². The number of hydrogen-bond acceptors (Lipinski definition) is 4. The Morgan fingerprint density at radius 1 is 1.35 bits per heavy atom. The van der Waals surface area contributed by atoms with Gasteiger partial charge >= 0.3 is 0 Å². The van der Waals surface area contributed by atoms with Crippen LogP contribution in [-0.2, 0) is 16.6 Å². The van der Waals surface area contributed by atoms with Gasteiger partial charge < -0.3 is 5.32 Å². The Hall–Kier alpha value is -0.140. The van der Waals surface area contributed by atoms with Crippen LogP contribution in [0, 0.1) is 0 Å². The van der Waals surface area contributed by atoms with Crippen molar-refractivity contribution in [2.75, 3.05) is 18.8 Å². The van der Waals surface area contributed by atoms with Gasteiger partial charge in [0.05, 0.1) is 5.75 Å². The lowest BCUT2D eigenvalue weighted by Gasteiger charge is -2.05. The molecule has 0 atom stereocenters. The number of sulfonamides is 1. The van der Waals surface area contributed by atoms with Crippen molar-refractivity contribution in [2.45, 2.75) is 19.9 Å². The van der Waals surface area contributed by atoms with Crippen molar-refractivity contribution in [3.8, 4) is 0 Å². The lowest BCUT2D eigenvalue weighted by Crippen LogP contribution is -2.28. The minimum atomic E-state index is -3.03. The van der Waals surface area contributed by atoms with Gasteiger partial charge in [-0.1, -0.05) is 6.07 Å². The topological polar surface area (TPSA) is 58.2 Å². The molecule has 1 aromatic rings. The predicted molar refractivity (Wildman–Crippen MR) is 75.4 cm³/mol. The zero-order valence-electron chi connectivity index (χ0n) is 9.81. The van der Waals surface area contributed by atoms with Crippen LogP contribution in [0.5, 0.6) is 0 Å². The lowest BCUT2D eigenvalue weighted by atomic mass is 10.4. The van der Waals surface area contributed by atoms with Gasteiger partial charge in [0.25, 0.3) is 0 Å². The number of rotatable bonds is 8. The summed E-state index contributed by atoms with van der Waals surface area (Å²) in [5.41, 5.74) is 0. The summed E-state index contributed by atoms with van der Waals surface area (Å²) >= 11 is 1.72. The van der Waals surface area contributed by atoms with Crippen molar-refractivity contribution < 1.29 is 8.42 Å². The molecular weight excluding hydrogens is 280 g/mol. The number of nitrogens with one attached hydrogen (secondary N) is 2. The summed E-state index contributed by atoms with van der Waals surface area (Å²) in [6.07, 6.45) is 0.810. The zero-order chi connectivity index (χ0) is 11.9. The summed E-state index contributed by atoms with van der Waals surface area (Å²) in [6.45, 7) is 3.83. The molecule has 0 radical (unpaired) electrons. The summed E-state index contributed by atoms with van der Waals surface area (Å²) < 4.78 is 24.7. The average molecular weight is 299 g/mol. The van der Waals surface area contributed by atoms with Gasteiger partial charge in [-0.3, -0.25) is 0 Å². The maximum Gasteiger partial charge on any atom is 0.211 e. The maximum atomic E-state index is 11.1. The van der Waals surface area contributed by atoms with Gasteiger partial charge in [-0.2, -0.15) is 0 Å². The Morgan fingerprint density at radius 2 is 2.12 bits per heavy atom. The molecule has 0 fully saturated rings. The zero-order valence-corrected chi connectivity index (χ0v) is 12.3. The molecule has 7 heteroatoms. The van der Waals surface area contributed by atoms with E-state index in [1.807, 2.05) is 11.4 Å². The van der Waals surface area contributed by atoms with Crippen molar-refractivity contribution in [3.05, 3.63) is 22.4 Å². The predicted octanol–water partition coefficient (Wildman–Crippen LogP) is 1.59. The van der Waals surface area contributed by atoms with Crippen molar-refractivity contribution in [1.29, 1.82) is 0 Å². The van der Waals surface area contributed by atoms with Crippen LogP contribution >= 0.6 is 23.7 Å². The second-order valence-corrected chi connectivity index (χ2v) is 6.54. The fourth-order valence-electron chi connectivity index (χ4n) is 1.17. The van der Waals surface area contributed by atoms with E-state index in [9.17, 15) is 8.42 Å². The van der Waals surface area contributed by atoms with E-state index in [0.29, 0.717) is 6.54 Å². The molecule has 0 bridgehead atoms. The Balaban J connectivity index is 0.00000256. The van der Waals surface area contributed by atoms with E-state index in [-0.39, 0.29) is 18.2 Å². The highest BCUT2D eigenvalue weighted by Crippen LogP contribution is 2.06. The molecule has 1 aromatic heterocycles. The fourth-order valence-corrected chi connectivity index (χ4v) is 2.50. The fraction of sp³-hybridized carbons (Fsp3) is 0.600. The molecule has 1 rings (SSSR count). The molecule has 0 aliphatic rings. The highest BCUT2D eigenvalue weighted by molar-refractivity contribution is 7.89. The van der Waals surface area contributed by atoms with Crippen LogP contribution < -0.4 is 10.0 Å². The van der Waals surface area contributed by atoms with Crippen LogP contribution in [0.2, 0.25) is 0 Å². The third-order valence-corrected chi connectivity index (χ3v) is 4.39. The molecule has 0 aromatic carbocycles. The highest BCUT2D eigenvalue weighted by atomic mass is 35.5. The van der Waals surface area contributed by atoms with Crippen molar-refractivity contribution in [2.24, 2.45) is 0 Å². The first-order valence-electron chi connectivity index (χ1n) is 5.34. The molecule has 0 aliphatic heterocycles. The molecule has 0 amide bonds. The van der Waals surface area contributed by atoms with Gasteiger partial charge in [0.1, 0.15) is 0 Å². The van der Waals surface area contributed by atoms with Crippen LogP contribution in [0.3, 0.4) is 0 Å². The summed E-state index contributed by atoms with van der Waals surface area (Å²) in [7, 11) is -3.03. The quantitative estimate of drug-likeness (QED) is 0.717. The summed E-state index contributed by atoms with van der Waals surface area (Å²) in [5, 5.41) is 5.32. The SMILES string of the molecule is CCS(=O)(=O)NCCCNCc1cccs1.Cl. The van der Waals surface area contributed by atoms with Gasteiger partial charge in [0.2, 0.25) is 10.0 Å². The second kappa shape index (κ2) is 8.88. The van der Waals surface area contributed by atoms with E-state index < -0.39 is 10.0 Å². The summed E-state index contributed by atoms with van der Waals surface area (Å²) in [6, 6.07) is 4.11. The Morgan fingerprint density at radius 3 is 2.71 bits per heavy atom. The second-order valence-electron chi connectivity index (χ2n) is 3.41. The van der Waals surface area contributed by atoms with E-state index >= 15 is 0 Å². The smallest absolute Gasteiger partial charge is 0.211 e. The monoisotopic (exact) mass is 298 g/mol. The Kier molecular flexibility index (Phi) is 8.81. The van der Waals surface area contributed by atoms with Gasteiger partial charge in [-0.25, -0.2) is 13.1 Å². The third-order valence-electron chi connectivity index (χ3n) is 2.11. The van der Waals surface area contributed by atoms with Gasteiger partial charge in [0, 0.05) is 18.0 Å².